The molecule has 78 valence electrons. The molecule has 0 saturated heterocycles. The molecule has 3 nitrogen and oxygen atoms in total. The van der Waals surface area contributed by atoms with Crippen LogP contribution in [0.5, 0.6) is 0 Å². The summed E-state index contributed by atoms with van der Waals surface area (Å²) in [5, 5.41) is 3.07. The monoisotopic (exact) mass is 230 g/mol. The van der Waals surface area contributed by atoms with E-state index in [1.54, 1.807) is 30.6 Å². The van der Waals surface area contributed by atoms with E-state index in [9.17, 15) is 4.79 Å². The van der Waals surface area contributed by atoms with Crippen LogP contribution in [-0.2, 0) is 0 Å². The lowest BCUT2D eigenvalue weighted by molar-refractivity contribution is 1.29. The van der Waals surface area contributed by atoms with Crippen LogP contribution in [0.1, 0.15) is 0 Å². The van der Waals surface area contributed by atoms with Crippen molar-refractivity contribution in [2.75, 3.05) is 0 Å². The summed E-state index contributed by atoms with van der Waals surface area (Å²) in [5.74, 6) is 0. The first-order valence-electron chi connectivity index (χ1n) is 4.81. The van der Waals surface area contributed by atoms with Crippen LogP contribution in [0.15, 0.2) is 41.5 Å². The summed E-state index contributed by atoms with van der Waals surface area (Å²) in [6.45, 7) is 0. The summed E-state index contributed by atoms with van der Waals surface area (Å²) in [5.41, 5.74) is 0.606. The molecule has 0 amide bonds. The maximum atomic E-state index is 11.8. The van der Waals surface area contributed by atoms with Gasteiger partial charge in [0.05, 0.1) is 11.7 Å². The fourth-order valence-electron chi connectivity index (χ4n) is 1.86. The molecule has 0 aliphatic carbocycles. The molecule has 1 N–H and O–H groups in total. The van der Waals surface area contributed by atoms with Crippen molar-refractivity contribution in [3.05, 3.63) is 52.0 Å². The maximum Gasteiger partial charge on any atom is 0.256 e. The second-order valence-corrected chi connectivity index (χ2v) is 4.00. The fourth-order valence-corrected chi connectivity index (χ4v) is 2.03. The van der Waals surface area contributed by atoms with Gasteiger partial charge in [-0.05, 0) is 29.7 Å². The lowest BCUT2D eigenvalue weighted by atomic mass is 10.1. The van der Waals surface area contributed by atoms with Crippen molar-refractivity contribution in [2.24, 2.45) is 0 Å². The number of halogens is 1. The van der Waals surface area contributed by atoms with E-state index in [2.05, 4.69) is 9.97 Å². The number of H-pyrrole nitrogens is 1. The average Bonchev–Trinajstić information content (AvgIpc) is 2.29. The molecule has 0 spiro atoms. The van der Waals surface area contributed by atoms with Crippen LogP contribution in [0.4, 0.5) is 0 Å². The molecule has 0 aliphatic heterocycles. The van der Waals surface area contributed by atoms with Gasteiger partial charge in [-0.15, -0.1) is 0 Å². The number of nitrogens with one attached hydrogen (secondary N) is 1. The molecule has 0 aliphatic rings. The van der Waals surface area contributed by atoms with Crippen molar-refractivity contribution in [3.63, 3.8) is 0 Å². The van der Waals surface area contributed by atoms with Crippen LogP contribution in [0, 0.1) is 0 Å². The predicted molar refractivity (Wildman–Crippen MR) is 64.9 cm³/mol. The number of aromatic amines is 1. The molecule has 3 rings (SSSR count). The average molecular weight is 231 g/mol. The normalized spacial score (nSPS) is 11.1. The molecule has 0 atom stereocenters. The molecular weight excluding hydrogens is 224 g/mol. The first-order chi connectivity index (χ1) is 7.75. The Kier molecular flexibility index (Phi) is 1.94. The Bertz CT molecular complexity index is 749. The van der Waals surface area contributed by atoms with Crippen molar-refractivity contribution >= 4 is 33.3 Å². The minimum atomic E-state index is -0.118. The molecule has 0 unspecified atom stereocenters. The molecule has 1 aromatic carbocycles. The highest BCUT2D eigenvalue weighted by molar-refractivity contribution is 6.31. The van der Waals surface area contributed by atoms with Crippen LogP contribution in [0.2, 0.25) is 5.02 Å². The van der Waals surface area contributed by atoms with Crippen molar-refractivity contribution in [1.29, 1.82) is 0 Å². The Morgan fingerprint density at radius 2 is 2.00 bits per heavy atom. The number of rotatable bonds is 0. The van der Waals surface area contributed by atoms with Crippen molar-refractivity contribution in [3.8, 4) is 0 Å². The number of pyridine rings is 2. The Labute approximate surface area is 95.7 Å². The minimum absolute atomic E-state index is 0.118. The third-order valence-corrected chi connectivity index (χ3v) is 2.82. The van der Waals surface area contributed by atoms with E-state index in [0.29, 0.717) is 10.4 Å². The molecule has 0 saturated carbocycles. The fraction of sp³-hybridized carbons (Fsp3) is 0. The van der Waals surface area contributed by atoms with Crippen LogP contribution in [-0.4, -0.2) is 9.97 Å². The van der Waals surface area contributed by atoms with Crippen LogP contribution >= 0.6 is 11.6 Å². The number of hydrogen-bond acceptors (Lipinski definition) is 2. The third kappa shape index (κ3) is 1.29. The second-order valence-electron chi connectivity index (χ2n) is 3.57. The molecule has 2 heterocycles. The van der Waals surface area contributed by atoms with Crippen LogP contribution < -0.4 is 5.56 Å². The predicted octanol–water partition coefficient (Wildman–Crippen LogP) is 2.73. The summed E-state index contributed by atoms with van der Waals surface area (Å²) in [4.78, 5) is 18.5. The van der Waals surface area contributed by atoms with Gasteiger partial charge in [-0.1, -0.05) is 11.6 Å². The van der Waals surface area contributed by atoms with Gasteiger partial charge in [-0.3, -0.25) is 9.78 Å². The summed E-state index contributed by atoms with van der Waals surface area (Å²) in [6, 6.07) is 7.11. The zero-order valence-corrected chi connectivity index (χ0v) is 8.95. The number of aromatic nitrogens is 2. The Balaban J connectivity index is 2.67. The maximum absolute atomic E-state index is 11.8. The van der Waals surface area contributed by atoms with E-state index in [1.165, 1.54) is 0 Å². The van der Waals surface area contributed by atoms with Gasteiger partial charge >= 0.3 is 0 Å². The van der Waals surface area contributed by atoms with Crippen molar-refractivity contribution in [2.45, 2.75) is 0 Å². The van der Waals surface area contributed by atoms with E-state index in [0.717, 1.165) is 16.3 Å². The van der Waals surface area contributed by atoms with Gasteiger partial charge < -0.3 is 4.98 Å². The van der Waals surface area contributed by atoms with Gasteiger partial charge in [0, 0.05) is 22.0 Å². The number of nitrogens with zero attached hydrogens (tertiary/aromatic N) is 1. The SMILES string of the molecule is O=c1[nH]c2cnccc2c2cc(Cl)ccc12. The third-order valence-electron chi connectivity index (χ3n) is 2.59. The molecule has 0 radical (unpaired) electrons. The first kappa shape index (κ1) is 9.36. The van der Waals surface area contributed by atoms with Gasteiger partial charge in [0.25, 0.3) is 5.56 Å². The zero-order chi connectivity index (χ0) is 11.1. The molecule has 0 fully saturated rings. The first-order valence-corrected chi connectivity index (χ1v) is 5.19. The smallest absolute Gasteiger partial charge is 0.256 e. The minimum Gasteiger partial charge on any atom is -0.320 e. The van der Waals surface area contributed by atoms with E-state index in [1.807, 2.05) is 6.07 Å². The standard InChI is InChI=1S/C12H7ClN2O/c13-7-1-2-9-10(5-7)8-3-4-14-6-11(8)15-12(9)16/h1-6H,(H,15,16). The zero-order valence-electron chi connectivity index (χ0n) is 8.20. The Hall–Kier alpha value is -1.87. The van der Waals surface area contributed by atoms with Gasteiger partial charge in [0.15, 0.2) is 0 Å². The number of benzene rings is 1. The van der Waals surface area contributed by atoms with E-state index >= 15 is 0 Å². The van der Waals surface area contributed by atoms with Gasteiger partial charge in [0.2, 0.25) is 0 Å². The summed E-state index contributed by atoms with van der Waals surface area (Å²) < 4.78 is 0. The Morgan fingerprint density at radius 3 is 2.88 bits per heavy atom. The summed E-state index contributed by atoms with van der Waals surface area (Å²) >= 11 is 5.94. The molecule has 0 bridgehead atoms. The molecule has 4 heteroatoms. The molecule has 3 aromatic rings. The van der Waals surface area contributed by atoms with Gasteiger partial charge in [-0.25, -0.2) is 0 Å². The van der Waals surface area contributed by atoms with E-state index in [4.69, 9.17) is 11.6 Å². The summed E-state index contributed by atoms with van der Waals surface area (Å²) in [6.07, 6.45) is 3.33. The lowest BCUT2D eigenvalue weighted by Crippen LogP contribution is -2.06. The molecule has 2 aromatic heterocycles. The molecular formula is C12H7ClN2O. The van der Waals surface area contributed by atoms with E-state index in [-0.39, 0.29) is 5.56 Å². The van der Waals surface area contributed by atoms with Gasteiger partial charge in [-0.2, -0.15) is 0 Å². The lowest BCUT2D eigenvalue weighted by Gasteiger charge is -2.02. The largest absolute Gasteiger partial charge is 0.320 e. The Morgan fingerprint density at radius 1 is 1.12 bits per heavy atom. The summed E-state index contributed by atoms with van der Waals surface area (Å²) in [7, 11) is 0. The van der Waals surface area contributed by atoms with E-state index < -0.39 is 0 Å². The number of fused-ring (bicyclic) bond motifs is 3. The topological polar surface area (TPSA) is 45.8 Å². The van der Waals surface area contributed by atoms with Crippen molar-refractivity contribution < 1.29 is 0 Å². The quantitative estimate of drug-likeness (QED) is 0.604. The van der Waals surface area contributed by atoms with Crippen LogP contribution in [0.3, 0.4) is 0 Å². The van der Waals surface area contributed by atoms with Gasteiger partial charge in [0.1, 0.15) is 0 Å². The highest BCUT2D eigenvalue weighted by atomic mass is 35.5. The van der Waals surface area contributed by atoms with Crippen molar-refractivity contribution in [1.82, 2.24) is 9.97 Å². The van der Waals surface area contributed by atoms with Crippen LogP contribution in [0.25, 0.3) is 21.7 Å². The highest BCUT2D eigenvalue weighted by Gasteiger charge is 2.04. The second kappa shape index (κ2) is 3.32. The highest BCUT2D eigenvalue weighted by Crippen LogP contribution is 2.23. The number of hydrogen-bond donors (Lipinski definition) is 1. The molecule has 16 heavy (non-hydrogen) atoms.